The quantitative estimate of drug-likeness (QED) is 0.708. The van der Waals surface area contributed by atoms with Gasteiger partial charge in [0.2, 0.25) is 0 Å². The first-order valence-electron chi connectivity index (χ1n) is 4.85. The minimum absolute atomic E-state index is 0.460. The van der Waals surface area contributed by atoms with Gasteiger partial charge in [-0.2, -0.15) is 0 Å². The number of rotatable bonds is 3. The number of fused-ring (bicyclic) bond motifs is 1. The minimum atomic E-state index is 0.460. The lowest BCUT2D eigenvalue weighted by Gasteiger charge is -2.00. The van der Waals surface area contributed by atoms with Gasteiger partial charge in [0.15, 0.2) is 0 Å². The van der Waals surface area contributed by atoms with E-state index in [4.69, 9.17) is 0 Å². The second kappa shape index (κ2) is 4.51. The van der Waals surface area contributed by atoms with Crippen molar-refractivity contribution < 1.29 is 4.79 Å². The molecule has 0 saturated carbocycles. The van der Waals surface area contributed by atoms with Gasteiger partial charge in [-0.25, -0.2) is 0 Å². The van der Waals surface area contributed by atoms with Crippen molar-refractivity contribution in [3.63, 3.8) is 0 Å². The topological polar surface area (TPSA) is 30.0 Å². The van der Waals surface area contributed by atoms with E-state index in [2.05, 4.69) is 4.98 Å². The molecule has 1 heterocycles. The number of carbonyl (C=O) groups is 1. The smallest absolute Gasteiger partial charge is 0.123 e. The van der Waals surface area contributed by atoms with E-state index in [1.165, 1.54) is 0 Å². The van der Waals surface area contributed by atoms with Crippen LogP contribution in [0.4, 0.5) is 0 Å². The Labute approximate surface area is 88.3 Å². The Hall–Kier alpha value is -1.96. The molecule has 2 heteroatoms. The van der Waals surface area contributed by atoms with E-state index >= 15 is 0 Å². The van der Waals surface area contributed by atoms with Crippen LogP contribution in [0.1, 0.15) is 12.0 Å². The molecule has 2 aromatic rings. The molecule has 1 aromatic heterocycles. The number of aromatic nitrogens is 1. The van der Waals surface area contributed by atoms with E-state index in [-0.39, 0.29) is 0 Å². The summed E-state index contributed by atoms with van der Waals surface area (Å²) in [6.45, 7) is 0. The largest absolute Gasteiger partial charge is 0.303 e. The summed E-state index contributed by atoms with van der Waals surface area (Å²) < 4.78 is 0. The van der Waals surface area contributed by atoms with Gasteiger partial charge < -0.3 is 4.79 Å². The van der Waals surface area contributed by atoms with Gasteiger partial charge in [0.05, 0.1) is 0 Å². The zero-order valence-electron chi connectivity index (χ0n) is 8.26. The lowest BCUT2D eigenvalue weighted by molar-refractivity contribution is -0.107. The number of carbonyl (C=O) groups excluding carboxylic acids is 1. The van der Waals surface area contributed by atoms with Gasteiger partial charge in [-0.1, -0.05) is 30.4 Å². The molecule has 0 fully saturated rings. The lowest BCUT2D eigenvalue weighted by Crippen LogP contribution is -1.79. The fourth-order valence-electron chi connectivity index (χ4n) is 1.54. The standard InChI is InChI=1S/C13H11NO/c15-9-2-1-4-11-5-3-6-12-10-14-8-7-13(11)12/h1,3-10H,2H2. The summed E-state index contributed by atoms with van der Waals surface area (Å²) in [4.78, 5) is 14.3. The Morgan fingerprint density at radius 2 is 2.20 bits per heavy atom. The highest BCUT2D eigenvalue weighted by Gasteiger charge is 1.95. The highest BCUT2D eigenvalue weighted by molar-refractivity contribution is 5.89. The van der Waals surface area contributed by atoms with Crippen molar-refractivity contribution in [2.75, 3.05) is 0 Å². The van der Waals surface area contributed by atoms with Crippen LogP contribution in [0.2, 0.25) is 0 Å². The maximum Gasteiger partial charge on any atom is 0.123 e. The van der Waals surface area contributed by atoms with Gasteiger partial charge in [0, 0.05) is 24.2 Å². The third-order valence-electron chi connectivity index (χ3n) is 2.24. The van der Waals surface area contributed by atoms with Crippen molar-refractivity contribution in [2.45, 2.75) is 6.42 Å². The van der Waals surface area contributed by atoms with Crippen LogP contribution >= 0.6 is 0 Å². The van der Waals surface area contributed by atoms with Gasteiger partial charge in [0.1, 0.15) is 6.29 Å². The Morgan fingerprint density at radius 3 is 3.07 bits per heavy atom. The molecular weight excluding hydrogens is 186 g/mol. The molecule has 2 nitrogen and oxygen atoms in total. The van der Waals surface area contributed by atoms with Crippen molar-refractivity contribution in [1.29, 1.82) is 0 Å². The van der Waals surface area contributed by atoms with E-state index in [1.807, 2.05) is 42.6 Å². The molecule has 0 N–H and O–H groups in total. The van der Waals surface area contributed by atoms with Crippen LogP contribution in [-0.4, -0.2) is 11.3 Å². The molecule has 1 aromatic carbocycles. The van der Waals surface area contributed by atoms with Crippen molar-refractivity contribution in [3.8, 4) is 0 Å². The van der Waals surface area contributed by atoms with E-state index in [0.717, 1.165) is 22.6 Å². The molecule has 0 atom stereocenters. The average molecular weight is 197 g/mol. The van der Waals surface area contributed by atoms with Crippen molar-refractivity contribution >= 4 is 23.1 Å². The van der Waals surface area contributed by atoms with Crippen LogP contribution in [0.15, 0.2) is 42.7 Å². The molecule has 0 aliphatic carbocycles. The van der Waals surface area contributed by atoms with Gasteiger partial charge in [-0.05, 0) is 17.0 Å². The Kier molecular flexibility index (Phi) is 2.88. The second-order valence-corrected chi connectivity index (χ2v) is 3.25. The van der Waals surface area contributed by atoms with Crippen LogP contribution in [0.25, 0.3) is 16.8 Å². The number of benzene rings is 1. The molecule has 0 aliphatic heterocycles. The lowest BCUT2D eigenvalue weighted by atomic mass is 10.1. The van der Waals surface area contributed by atoms with Crippen molar-refractivity contribution in [2.24, 2.45) is 0 Å². The summed E-state index contributed by atoms with van der Waals surface area (Å²) in [5.74, 6) is 0. The SMILES string of the molecule is O=CCC=Cc1cccc2cnccc12. The Bertz CT molecular complexity index is 497. The Morgan fingerprint density at radius 1 is 1.27 bits per heavy atom. The molecular formula is C13H11NO. The third-order valence-corrected chi connectivity index (χ3v) is 2.24. The normalized spacial score (nSPS) is 10.9. The summed E-state index contributed by atoms with van der Waals surface area (Å²) in [5, 5.41) is 2.28. The van der Waals surface area contributed by atoms with E-state index in [9.17, 15) is 4.79 Å². The monoisotopic (exact) mass is 197 g/mol. The summed E-state index contributed by atoms with van der Waals surface area (Å²) in [6.07, 6.45) is 8.80. The summed E-state index contributed by atoms with van der Waals surface area (Å²) >= 11 is 0. The van der Waals surface area contributed by atoms with Gasteiger partial charge >= 0.3 is 0 Å². The Balaban J connectivity index is 2.46. The predicted octanol–water partition coefficient (Wildman–Crippen LogP) is 2.84. The third kappa shape index (κ3) is 2.10. The number of pyridine rings is 1. The van der Waals surface area contributed by atoms with Crippen LogP contribution in [-0.2, 0) is 4.79 Å². The fourth-order valence-corrected chi connectivity index (χ4v) is 1.54. The van der Waals surface area contributed by atoms with E-state index in [0.29, 0.717) is 6.42 Å². The molecule has 0 amide bonds. The van der Waals surface area contributed by atoms with Gasteiger partial charge in [-0.15, -0.1) is 0 Å². The maximum absolute atomic E-state index is 10.2. The first-order chi connectivity index (χ1) is 7.42. The van der Waals surface area contributed by atoms with Crippen LogP contribution in [0.5, 0.6) is 0 Å². The number of nitrogens with zero attached hydrogens (tertiary/aromatic N) is 1. The summed E-state index contributed by atoms with van der Waals surface area (Å²) in [6, 6.07) is 8.03. The molecule has 0 saturated heterocycles. The summed E-state index contributed by atoms with van der Waals surface area (Å²) in [7, 11) is 0. The van der Waals surface area contributed by atoms with Crippen molar-refractivity contribution in [3.05, 3.63) is 48.3 Å². The molecule has 0 radical (unpaired) electrons. The number of aldehydes is 1. The first-order valence-corrected chi connectivity index (χ1v) is 4.85. The zero-order valence-corrected chi connectivity index (χ0v) is 8.26. The van der Waals surface area contributed by atoms with Gasteiger partial charge in [0.25, 0.3) is 0 Å². The highest BCUT2D eigenvalue weighted by Crippen LogP contribution is 2.18. The fraction of sp³-hybridized carbons (Fsp3) is 0.0769. The molecule has 0 aliphatic rings. The highest BCUT2D eigenvalue weighted by atomic mass is 16.1. The second-order valence-electron chi connectivity index (χ2n) is 3.25. The first kappa shape index (κ1) is 9.59. The molecule has 0 spiro atoms. The van der Waals surface area contributed by atoms with Crippen LogP contribution in [0.3, 0.4) is 0 Å². The molecule has 2 rings (SSSR count). The molecule has 15 heavy (non-hydrogen) atoms. The zero-order chi connectivity index (χ0) is 10.5. The number of allylic oxidation sites excluding steroid dienone is 1. The minimum Gasteiger partial charge on any atom is -0.303 e. The molecule has 0 bridgehead atoms. The predicted molar refractivity (Wildman–Crippen MR) is 61.5 cm³/mol. The maximum atomic E-state index is 10.2. The summed E-state index contributed by atoms with van der Waals surface area (Å²) in [5.41, 5.74) is 1.12. The number of hydrogen-bond acceptors (Lipinski definition) is 2. The van der Waals surface area contributed by atoms with E-state index < -0.39 is 0 Å². The van der Waals surface area contributed by atoms with Crippen LogP contribution < -0.4 is 0 Å². The molecule has 0 unspecified atom stereocenters. The van der Waals surface area contributed by atoms with E-state index in [1.54, 1.807) is 6.20 Å². The van der Waals surface area contributed by atoms with Gasteiger partial charge in [-0.3, -0.25) is 4.98 Å². The van der Waals surface area contributed by atoms with Crippen molar-refractivity contribution in [1.82, 2.24) is 4.98 Å². The van der Waals surface area contributed by atoms with Crippen LogP contribution in [0, 0.1) is 0 Å². The average Bonchev–Trinajstić information content (AvgIpc) is 2.30. The molecule has 74 valence electrons. The number of hydrogen-bond donors (Lipinski definition) is 0.